The highest BCUT2D eigenvalue weighted by molar-refractivity contribution is 5.79. The Balaban J connectivity index is 2.98. The number of nitrogens with one attached hydrogen (secondary N) is 2. The van der Waals surface area contributed by atoms with Crippen LogP contribution in [0, 0.1) is 5.92 Å². The molecule has 0 unspecified atom stereocenters. The summed E-state index contributed by atoms with van der Waals surface area (Å²) >= 11 is 0. The van der Waals surface area contributed by atoms with Crippen molar-refractivity contribution in [3.63, 3.8) is 0 Å². The Kier molecular flexibility index (Phi) is 16.1. The van der Waals surface area contributed by atoms with Crippen molar-refractivity contribution in [3.05, 3.63) is 0 Å². The first kappa shape index (κ1) is 38.7. The van der Waals surface area contributed by atoms with Gasteiger partial charge in [0.05, 0.1) is 58.9 Å². The van der Waals surface area contributed by atoms with E-state index in [1.54, 1.807) is 62.3 Å². The molecule has 1 saturated heterocycles. The van der Waals surface area contributed by atoms with Crippen LogP contribution in [0.1, 0.15) is 94.4 Å². The lowest BCUT2D eigenvalue weighted by Crippen LogP contribution is -2.60. The number of hydrogen-bond acceptors (Lipinski definition) is 11. The third kappa shape index (κ3) is 19.6. The fraction of sp³-hybridized carbons (Fsp3) is 0.871. The van der Waals surface area contributed by atoms with Gasteiger partial charge in [0.2, 0.25) is 5.91 Å². The van der Waals surface area contributed by atoms with Gasteiger partial charge in [-0.3, -0.25) is 19.2 Å². The minimum Gasteiger partial charge on any atom is -0.460 e. The molecular weight excluding hydrogens is 560 g/mol. The maximum Gasteiger partial charge on any atom is 0.308 e. The molecule has 0 atom stereocenters. The van der Waals surface area contributed by atoms with E-state index in [0.717, 1.165) is 13.1 Å². The number of esters is 3. The zero-order valence-electron chi connectivity index (χ0n) is 27.9. The number of ether oxygens (including phenoxy) is 6. The van der Waals surface area contributed by atoms with Gasteiger partial charge in [-0.25, -0.2) is 0 Å². The predicted octanol–water partition coefficient (Wildman–Crippen LogP) is 3.09. The highest BCUT2D eigenvalue weighted by Crippen LogP contribution is 2.18. The van der Waals surface area contributed by atoms with Crippen LogP contribution in [0.25, 0.3) is 0 Å². The third-order valence-corrected chi connectivity index (χ3v) is 5.85. The Labute approximate surface area is 257 Å². The minimum absolute atomic E-state index is 0.0224. The molecule has 12 heteroatoms. The van der Waals surface area contributed by atoms with E-state index in [-0.39, 0.29) is 70.7 Å². The molecule has 0 aromatic rings. The smallest absolute Gasteiger partial charge is 0.308 e. The van der Waals surface area contributed by atoms with Crippen LogP contribution < -0.4 is 10.6 Å². The minimum atomic E-state index is -1.16. The molecular formula is C31H56N2O10. The van der Waals surface area contributed by atoms with E-state index < -0.39 is 40.2 Å². The van der Waals surface area contributed by atoms with E-state index >= 15 is 0 Å². The summed E-state index contributed by atoms with van der Waals surface area (Å²) in [7, 11) is 0. The normalized spacial score (nSPS) is 15.1. The summed E-state index contributed by atoms with van der Waals surface area (Å²) in [4.78, 5) is 50.0. The van der Waals surface area contributed by atoms with Gasteiger partial charge in [0.15, 0.2) is 0 Å². The molecule has 1 heterocycles. The molecule has 0 radical (unpaired) electrons. The Morgan fingerprint density at radius 3 is 1.23 bits per heavy atom. The average molecular weight is 617 g/mol. The summed E-state index contributed by atoms with van der Waals surface area (Å²) in [6, 6.07) is 0. The van der Waals surface area contributed by atoms with Gasteiger partial charge < -0.3 is 39.1 Å². The van der Waals surface area contributed by atoms with Gasteiger partial charge in [0.25, 0.3) is 0 Å². The van der Waals surface area contributed by atoms with Gasteiger partial charge in [-0.05, 0) is 88.2 Å². The van der Waals surface area contributed by atoms with Crippen LogP contribution in [0.5, 0.6) is 0 Å². The zero-order valence-corrected chi connectivity index (χ0v) is 27.9. The first-order valence-corrected chi connectivity index (χ1v) is 15.2. The quantitative estimate of drug-likeness (QED) is 0.141. The molecule has 0 bridgehead atoms. The lowest BCUT2D eigenvalue weighted by Gasteiger charge is -2.36. The summed E-state index contributed by atoms with van der Waals surface area (Å²) < 4.78 is 33.7. The van der Waals surface area contributed by atoms with Crippen molar-refractivity contribution >= 4 is 23.8 Å². The Morgan fingerprint density at radius 1 is 0.605 bits per heavy atom. The summed E-state index contributed by atoms with van der Waals surface area (Å²) in [6.45, 7) is 17.6. The van der Waals surface area contributed by atoms with Gasteiger partial charge in [0, 0.05) is 5.92 Å². The van der Waals surface area contributed by atoms with Gasteiger partial charge in [-0.2, -0.15) is 0 Å². The molecule has 1 aliphatic heterocycles. The predicted molar refractivity (Wildman–Crippen MR) is 160 cm³/mol. The van der Waals surface area contributed by atoms with Crippen LogP contribution in [-0.4, -0.2) is 98.9 Å². The van der Waals surface area contributed by atoms with E-state index in [1.807, 2.05) is 0 Å². The summed E-state index contributed by atoms with van der Waals surface area (Å²) in [6.07, 6.45) is 1.43. The standard InChI is InChI=1S/C31H56N2O10/c1-28(2,3)41-24(34)12-17-38-20-31(33-27(37)23-10-15-32-16-11-23,21-39-18-13-25(35)42-29(4,5)6)22-40-19-14-26(36)43-30(7,8)9/h23,32H,10-22H2,1-9H3,(H,33,37). The summed E-state index contributed by atoms with van der Waals surface area (Å²) in [5.41, 5.74) is -3.01. The number of amides is 1. The van der Waals surface area contributed by atoms with E-state index in [1.165, 1.54) is 0 Å². The SMILES string of the molecule is CC(C)(C)OC(=O)CCOCC(COCCC(=O)OC(C)(C)C)(COCCC(=O)OC(C)(C)C)NC(=O)C1CCNCC1. The van der Waals surface area contributed by atoms with Crippen molar-refractivity contribution in [3.8, 4) is 0 Å². The molecule has 250 valence electrons. The Morgan fingerprint density at radius 2 is 0.930 bits per heavy atom. The molecule has 1 amide bonds. The van der Waals surface area contributed by atoms with Gasteiger partial charge >= 0.3 is 17.9 Å². The van der Waals surface area contributed by atoms with Crippen molar-refractivity contribution in [1.29, 1.82) is 0 Å². The number of piperidine rings is 1. The summed E-state index contributed by atoms with van der Waals surface area (Å²) in [5.74, 6) is -1.58. The number of carbonyl (C=O) groups excluding carboxylic acids is 4. The Hall–Kier alpha value is -2.28. The van der Waals surface area contributed by atoms with Crippen molar-refractivity contribution in [1.82, 2.24) is 10.6 Å². The van der Waals surface area contributed by atoms with Crippen molar-refractivity contribution in [2.75, 3.05) is 52.7 Å². The molecule has 12 nitrogen and oxygen atoms in total. The van der Waals surface area contributed by atoms with Gasteiger partial charge in [-0.15, -0.1) is 0 Å². The van der Waals surface area contributed by atoms with Crippen LogP contribution in [0.15, 0.2) is 0 Å². The maximum absolute atomic E-state index is 13.4. The fourth-order valence-electron chi connectivity index (χ4n) is 4.13. The second-order valence-corrected chi connectivity index (χ2v) is 14.0. The topological polar surface area (TPSA) is 148 Å². The highest BCUT2D eigenvalue weighted by Gasteiger charge is 2.36. The number of hydrogen-bond donors (Lipinski definition) is 2. The molecule has 0 aromatic heterocycles. The van der Waals surface area contributed by atoms with E-state index in [9.17, 15) is 19.2 Å². The molecule has 0 aromatic carbocycles. The molecule has 1 fully saturated rings. The fourth-order valence-corrected chi connectivity index (χ4v) is 4.13. The third-order valence-electron chi connectivity index (χ3n) is 5.85. The molecule has 0 aliphatic carbocycles. The number of carbonyl (C=O) groups is 4. The van der Waals surface area contributed by atoms with Crippen LogP contribution in [-0.2, 0) is 47.6 Å². The molecule has 0 spiro atoms. The monoisotopic (exact) mass is 616 g/mol. The molecule has 43 heavy (non-hydrogen) atoms. The lowest BCUT2D eigenvalue weighted by atomic mass is 9.94. The molecule has 1 aliphatic rings. The average Bonchev–Trinajstić information content (AvgIpc) is 2.84. The lowest BCUT2D eigenvalue weighted by molar-refractivity contribution is -0.157. The van der Waals surface area contributed by atoms with Crippen molar-refractivity contribution in [2.45, 2.75) is 117 Å². The maximum atomic E-state index is 13.4. The van der Waals surface area contributed by atoms with E-state index in [0.29, 0.717) is 12.8 Å². The van der Waals surface area contributed by atoms with Crippen LogP contribution in [0.4, 0.5) is 0 Å². The Bertz CT molecular complexity index is 792. The van der Waals surface area contributed by atoms with Gasteiger partial charge in [0.1, 0.15) is 22.3 Å². The largest absolute Gasteiger partial charge is 0.460 e. The van der Waals surface area contributed by atoms with E-state index in [2.05, 4.69) is 10.6 Å². The summed E-state index contributed by atoms with van der Waals surface area (Å²) in [5, 5.41) is 6.34. The second kappa shape index (κ2) is 17.9. The highest BCUT2D eigenvalue weighted by atomic mass is 16.6. The second-order valence-electron chi connectivity index (χ2n) is 14.0. The van der Waals surface area contributed by atoms with Crippen LogP contribution >= 0.6 is 0 Å². The van der Waals surface area contributed by atoms with Crippen molar-refractivity contribution in [2.24, 2.45) is 5.92 Å². The van der Waals surface area contributed by atoms with Crippen LogP contribution in [0.3, 0.4) is 0 Å². The first-order valence-electron chi connectivity index (χ1n) is 15.2. The number of rotatable bonds is 17. The van der Waals surface area contributed by atoms with E-state index in [4.69, 9.17) is 28.4 Å². The molecule has 0 saturated carbocycles. The first-order chi connectivity index (χ1) is 19.8. The molecule has 1 rings (SSSR count). The van der Waals surface area contributed by atoms with Gasteiger partial charge in [-0.1, -0.05) is 0 Å². The van der Waals surface area contributed by atoms with Crippen LogP contribution in [0.2, 0.25) is 0 Å². The van der Waals surface area contributed by atoms with Crippen molar-refractivity contribution < 1.29 is 47.6 Å². The zero-order chi connectivity index (χ0) is 32.7. The molecule has 2 N–H and O–H groups in total.